The number of benzene rings is 1. The highest BCUT2D eigenvalue weighted by molar-refractivity contribution is 6.32. The zero-order valence-corrected chi connectivity index (χ0v) is 9.47. The molecule has 2 N–H and O–H groups in total. The van der Waals surface area contributed by atoms with Crippen LogP contribution in [-0.2, 0) is 6.54 Å². The summed E-state index contributed by atoms with van der Waals surface area (Å²) in [5, 5.41) is 0.599. The molecule has 0 aliphatic carbocycles. The molecule has 0 saturated heterocycles. The molecule has 0 bridgehead atoms. The van der Waals surface area contributed by atoms with Crippen LogP contribution in [-0.4, -0.2) is 6.61 Å². The smallest absolute Gasteiger partial charge is 0.142 e. The molecule has 0 radical (unpaired) electrons. The van der Waals surface area contributed by atoms with Crippen molar-refractivity contribution in [3.63, 3.8) is 0 Å². The van der Waals surface area contributed by atoms with Crippen LogP contribution < -0.4 is 10.5 Å². The lowest BCUT2D eigenvalue weighted by Gasteiger charge is -2.10. The number of halogens is 1. The van der Waals surface area contributed by atoms with Gasteiger partial charge < -0.3 is 10.5 Å². The Bertz CT molecular complexity index is 379. The third-order valence-electron chi connectivity index (χ3n) is 1.92. The van der Waals surface area contributed by atoms with Gasteiger partial charge in [0.05, 0.1) is 11.6 Å². The van der Waals surface area contributed by atoms with Gasteiger partial charge in [0.15, 0.2) is 0 Å². The van der Waals surface area contributed by atoms with Crippen molar-refractivity contribution in [1.82, 2.24) is 0 Å². The highest BCUT2D eigenvalue weighted by Crippen LogP contribution is 2.28. The van der Waals surface area contributed by atoms with Gasteiger partial charge in [-0.2, -0.15) is 0 Å². The molecule has 0 aliphatic heterocycles. The Kier molecular flexibility index (Phi) is 5.03. The van der Waals surface area contributed by atoms with E-state index in [1.54, 1.807) is 13.0 Å². The minimum absolute atomic E-state index is 0.426. The lowest BCUT2D eigenvalue weighted by molar-refractivity contribution is 0.324. The van der Waals surface area contributed by atoms with Crippen LogP contribution in [0.25, 0.3) is 0 Å². The summed E-state index contributed by atoms with van der Waals surface area (Å²) in [7, 11) is 0. The van der Waals surface area contributed by atoms with Crippen LogP contribution in [0.1, 0.15) is 18.9 Å². The largest absolute Gasteiger partial charge is 0.491 e. The Hall–Kier alpha value is -1.17. The molecule has 0 spiro atoms. The standard InChI is InChI=1S/C12H14ClNO/c1-2-3-4-8-15-12-10(9-14)6-5-7-11(12)13/h5-7H,4,8-9,14H2,1H3. The third kappa shape index (κ3) is 3.47. The molecule has 0 heterocycles. The molecule has 0 unspecified atom stereocenters. The first kappa shape index (κ1) is 11.9. The molecule has 0 atom stereocenters. The molecule has 1 aromatic rings. The van der Waals surface area contributed by atoms with Gasteiger partial charge in [-0.1, -0.05) is 23.7 Å². The molecule has 0 fully saturated rings. The van der Waals surface area contributed by atoms with Crippen LogP contribution in [0.5, 0.6) is 5.75 Å². The van der Waals surface area contributed by atoms with Gasteiger partial charge in [-0.15, -0.1) is 11.8 Å². The molecular formula is C12H14ClNO. The monoisotopic (exact) mass is 223 g/mol. The van der Waals surface area contributed by atoms with Gasteiger partial charge in [0.1, 0.15) is 5.75 Å². The third-order valence-corrected chi connectivity index (χ3v) is 2.22. The van der Waals surface area contributed by atoms with Gasteiger partial charge in [-0.25, -0.2) is 0 Å². The summed E-state index contributed by atoms with van der Waals surface area (Å²) in [6.07, 6.45) is 0.700. The first-order valence-electron chi connectivity index (χ1n) is 4.79. The SMILES string of the molecule is CC#CCCOc1c(Cl)cccc1CN. The highest BCUT2D eigenvalue weighted by atomic mass is 35.5. The Morgan fingerprint density at radius 1 is 1.47 bits per heavy atom. The predicted molar refractivity (Wildman–Crippen MR) is 62.9 cm³/mol. The van der Waals surface area contributed by atoms with Crippen LogP contribution in [0.3, 0.4) is 0 Å². The van der Waals surface area contributed by atoms with E-state index >= 15 is 0 Å². The molecule has 1 rings (SSSR count). The Balaban J connectivity index is 2.68. The van der Waals surface area contributed by atoms with Crippen molar-refractivity contribution in [3.8, 4) is 17.6 Å². The van der Waals surface area contributed by atoms with Gasteiger partial charge in [0, 0.05) is 18.5 Å². The summed E-state index contributed by atoms with van der Waals surface area (Å²) in [4.78, 5) is 0. The van der Waals surface area contributed by atoms with E-state index in [9.17, 15) is 0 Å². The zero-order chi connectivity index (χ0) is 11.1. The van der Waals surface area contributed by atoms with E-state index < -0.39 is 0 Å². The number of para-hydroxylation sites is 1. The van der Waals surface area contributed by atoms with Crippen molar-refractivity contribution in [2.75, 3.05) is 6.61 Å². The van der Waals surface area contributed by atoms with Crippen LogP contribution >= 0.6 is 11.6 Å². The first-order chi connectivity index (χ1) is 7.29. The Morgan fingerprint density at radius 3 is 2.93 bits per heavy atom. The van der Waals surface area contributed by atoms with E-state index in [4.69, 9.17) is 22.1 Å². The summed E-state index contributed by atoms with van der Waals surface area (Å²) in [6, 6.07) is 5.57. The Labute approximate surface area is 95.4 Å². The summed E-state index contributed by atoms with van der Waals surface area (Å²) in [5.74, 6) is 6.42. The van der Waals surface area contributed by atoms with Gasteiger partial charge in [0.2, 0.25) is 0 Å². The summed E-state index contributed by atoms with van der Waals surface area (Å²) in [5.41, 5.74) is 6.51. The number of nitrogens with two attached hydrogens (primary N) is 1. The van der Waals surface area contributed by atoms with Crippen molar-refractivity contribution in [3.05, 3.63) is 28.8 Å². The average molecular weight is 224 g/mol. The van der Waals surface area contributed by atoms with Crippen LogP contribution in [0.15, 0.2) is 18.2 Å². The second kappa shape index (κ2) is 6.34. The summed E-state index contributed by atoms with van der Waals surface area (Å²) >= 11 is 6.00. The van der Waals surface area contributed by atoms with Crippen molar-refractivity contribution < 1.29 is 4.74 Å². The molecule has 15 heavy (non-hydrogen) atoms. The van der Waals surface area contributed by atoms with E-state index in [1.807, 2.05) is 12.1 Å². The van der Waals surface area contributed by atoms with E-state index in [0.717, 1.165) is 5.56 Å². The second-order valence-electron chi connectivity index (χ2n) is 2.96. The van der Waals surface area contributed by atoms with E-state index in [1.165, 1.54) is 0 Å². The quantitative estimate of drug-likeness (QED) is 0.629. The molecule has 0 aliphatic rings. The molecule has 80 valence electrons. The highest BCUT2D eigenvalue weighted by Gasteiger charge is 2.06. The normalized spacial score (nSPS) is 9.27. The van der Waals surface area contributed by atoms with Gasteiger partial charge in [0.25, 0.3) is 0 Å². The molecule has 0 saturated carbocycles. The number of hydrogen-bond acceptors (Lipinski definition) is 2. The Morgan fingerprint density at radius 2 is 2.27 bits per heavy atom. The van der Waals surface area contributed by atoms with Crippen molar-refractivity contribution in [2.45, 2.75) is 19.9 Å². The van der Waals surface area contributed by atoms with E-state index in [2.05, 4.69) is 11.8 Å². The van der Waals surface area contributed by atoms with Crippen LogP contribution in [0.2, 0.25) is 5.02 Å². The average Bonchev–Trinajstić information content (AvgIpc) is 2.26. The predicted octanol–water partition coefficient (Wildman–Crippen LogP) is 2.59. The maximum Gasteiger partial charge on any atom is 0.142 e. The minimum Gasteiger partial charge on any atom is -0.491 e. The van der Waals surface area contributed by atoms with Crippen molar-refractivity contribution >= 4 is 11.6 Å². The topological polar surface area (TPSA) is 35.2 Å². The van der Waals surface area contributed by atoms with Crippen molar-refractivity contribution in [1.29, 1.82) is 0 Å². The second-order valence-corrected chi connectivity index (χ2v) is 3.36. The minimum atomic E-state index is 0.426. The van der Waals surface area contributed by atoms with Crippen LogP contribution in [0, 0.1) is 11.8 Å². The summed E-state index contributed by atoms with van der Waals surface area (Å²) < 4.78 is 5.55. The molecule has 0 amide bonds. The molecule has 1 aromatic carbocycles. The zero-order valence-electron chi connectivity index (χ0n) is 8.72. The fraction of sp³-hybridized carbons (Fsp3) is 0.333. The first-order valence-corrected chi connectivity index (χ1v) is 5.17. The maximum atomic E-state index is 6.00. The number of rotatable bonds is 4. The van der Waals surface area contributed by atoms with Gasteiger partial charge >= 0.3 is 0 Å². The number of hydrogen-bond donors (Lipinski definition) is 1. The molecular weight excluding hydrogens is 210 g/mol. The van der Waals surface area contributed by atoms with Gasteiger partial charge in [-0.3, -0.25) is 0 Å². The fourth-order valence-corrected chi connectivity index (χ4v) is 1.45. The molecule has 2 nitrogen and oxygen atoms in total. The fourth-order valence-electron chi connectivity index (χ4n) is 1.21. The molecule has 0 aromatic heterocycles. The van der Waals surface area contributed by atoms with Gasteiger partial charge in [-0.05, 0) is 13.0 Å². The maximum absolute atomic E-state index is 6.00. The van der Waals surface area contributed by atoms with E-state index in [0.29, 0.717) is 30.3 Å². The summed E-state index contributed by atoms with van der Waals surface area (Å²) in [6.45, 7) is 2.77. The lowest BCUT2D eigenvalue weighted by atomic mass is 10.2. The molecule has 3 heteroatoms. The van der Waals surface area contributed by atoms with Crippen LogP contribution in [0.4, 0.5) is 0 Å². The van der Waals surface area contributed by atoms with E-state index in [-0.39, 0.29) is 0 Å². The lowest BCUT2D eigenvalue weighted by Crippen LogP contribution is -2.03. The number of ether oxygens (including phenoxy) is 1. The van der Waals surface area contributed by atoms with Crippen molar-refractivity contribution in [2.24, 2.45) is 5.73 Å².